The molecule has 0 aromatic heterocycles. The molecule has 118 valence electrons. The summed E-state index contributed by atoms with van der Waals surface area (Å²) in [6, 6.07) is 8.33. The van der Waals surface area contributed by atoms with Crippen LogP contribution in [0.15, 0.2) is 30.3 Å². The van der Waals surface area contributed by atoms with Crippen LogP contribution in [0.3, 0.4) is 0 Å². The Balaban J connectivity index is 2.44. The lowest BCUT2D eigenvalue weighted by Gasteiger charge is -2.28. The first-order valence-electron chi connectivity index (χ1n) is 7.40. The highest BCUT2D eigenvalue weighted by Crippen LogP contribution is 2.43. The maximum absolute atomic E-state index is 13.0. The number of carbonyl (C=O) groups is 2. The zero-order chi connectivity index (χ0) is 16.9. The molecule has 4 heteroatoms. The smallest absolute Gasteiger partial charge is 0.198 e. The monoisotopic (exact) mass is 310 g/mol. The van der Waals surface area contributed by atoms with E-state index < -0.39 is 0 Å². The van der Waals surface area contributed by atoms with E-state index in [1.165, 1.54) is 7.11 Å². The van der Waals surface area contributed by atoms with Gasteiger partial charge >= 0.3 is 0 Å². The summed E-state index contributed by atoms with van der Waals surface area (Å²) in [6.07, 6.45) is 0. The molecule has 4 nitrogen and oxygen atoms in total. The Bertz CT molecular complexity index is 841. The number of ketones is 2. The van der Waals surface area contributed by atoms with Gasteiger partial charge in [0.1, 0.15) is 0 Å². The SMILES string of the molecule is COc1cc(C(C)(C)C)c2c(c1O)C(=O)c1ccccc1C2=O. The van der Waals surface area contributed by atoms with Gasteiger partial charge in [0.05, 0.1) is 12.7 Å². The van der Waals surface area contributed by atoms with Crippen LogP contribution in [0.1, 0.15) is 58.2 Å². The highest BCUT2D eigenvalue weighted by Gasteiger charge is 2.37. The molecule has 1 aliphatic carbocycles. The molecule has 0 saturated carbocycles. The number of hydrogen-bond acceptors (Lipinski definition) is 4. The van der Waals surface area contributed by atoms with Crippen LogP contribution in [0.5, 0.6) is 11.5 Å². The zero-order valence-corrected chi connectivity index (χ0v) is 13.6. The van der Waals surface area contributed by atoms with Crippen molar-refractivity contribution in [3.63, 3.8) is 0 Å². The standard InChI is InChI=1S/C19H18O4/c1-19(2,3)12-9-13(23-4)18(22)15-14(12)16(20)10-7-5-6-8-11(10)17(15)21/h5-9,22H,1-4H3. The predicted molar refractivity (Wildman–Crippen MR) is 86.7 cm³/mol. The van der Waals surface area contributed by atoms with Crippen LogP contribution in [0, 0.1) is 0 Å². The fourth-order valence-corrected chi connectivity index (χ4v) is 3.00. The highest BCUT2D eigenvalue weighted by molar-refractivity contribution is 6.30. The van der Waals surface area contributed by atoms with E-state index in [4.69, 9.17) is 4.74 Å². The highest BCUT2D eigenvalue weighted by atomic mass is 16.5. The average molecular weight is 310 g/mol. The number of phenols is 1. The molecule has 3 rings (SSSR count). The second kappa shape index (κ2) is 4.95. The van der Waals surface area contributed by atoms with Crippen LogP contribution >= 0.6 is 0 Å². The topological polar surface area (TPSA) is 63.6 Å². The van der Waals surface area contributed by atoms with E-state index in [-0.39, 0.29) is 39.6 Å². The lowest BCUT2D eigenvalue weighted by molar-refractivity contribution is 0.0974. The quantitative estimate of drug-likeness (QED) is 0.747. The molecule has 0 saturated heterocycles. The van der Waals surface area contributed by atoms with Crippen molar-refractivity contribution in [2.24, 2.45) is 0 Å². The van der Waals surface area contributed by atoms with E-state index in [0.717, 1.165) is 0 Å². The summed E-state index contributed by atoms with van der Waals surface area (Å²) in [6.45, 7) is 5.87. The van der Waals surface area contributed by atoms with Gasteiger partial charge in [-0.15, -0.1) is 0 Å². The number of hydrogen-bond donors (Lipinski definition) is 1. The first-order valence-corrected chi connectivity index (χ1v) is 7.40. The average Bonchev–Trinajstić information content (AvgIpc) is 2.51. The molecular weight excluding hydrogens is 292 g/mol. The van der Waals surface area contributed by atoms with E-state index in [0.29, 0.717) is 16.7 Å². The third-order valence-corrected chi connectivity index (χ3v) is 4.16. The Kier molecular flexibility index (Phi) is 3.29. The number of phenolic OH excluding ortho intramolecular Hbond substituents is 1. The van der Waals surface area contributed by atoms with Crippen LogP contribution in [0.4, 0.5) is 0 Å². The second-order valence-corrected chi connectivity index (χ2v) is 6.68. The summed E-state index contributed by atoms with van der Waals surface area (Å²) in [7, 11) is 1.43. The molecule has 23 heavy (non-hydrogen) atoms. The van der Waals surface area contributed by atoms with Gasteiger partial charge in [0.2, 0.25) is 0 Å². The molecular formula is C19H18O4. The van der Waals surface area contributed by atoms with Crippen LogP contribution in [-0.4, -0.2) is 23.8 Å². The van der Waals surface area contributed by atoms with Crippen LogP contribution in [-0.2, 0) is 5.41 Å². The van der Waals surface area contributed by atoms with Crippen molar-refractivity contribution < 1.29 is 19.4 Å². The minimum atomic E-state index is -0.382. The van der Waals surface area contributed by atoms with E-state index in [1.807, 2.05) is 20.8 Å². The largest absolute Gasteiger partial charge is 0.504 e. The van der Waals surface area contributed by atoms with E-state index in [2.05, 4.69) is 0 Å². The number of carbonyl (C=O) groups excluding carboxylic acids is 2. The molecule has 0 radical (unpaired) electrons. The summed E-state index contributed by atoms with van der Waals surface area (Å²) >= 11 is 0. The summed E-state index contributed by atoms with van der Waals surface area (Å²) in [4.78, 5) is 25.8. The van der Waals surface area contributed by atoms with Crippen molar-refractivity contribution >= 4 is 11.6 Å². The van der Waals surface area contributed by atoms with Gasteiger partial charge in [-0.05, 0) is 17.0 Å². The molecule has 0 fully saturated rings. The predicted octanol–water partition coefficient (Wildman–Crippen LogP) is 3.47. The Labute approximate surface area is 134 Å². The van der Waals surface area contributed by atoms with E-state index >= 15 is 0 Å². The van der Waals surface area contributed by atoms with Crippen LogP contribution in [0.25, 0.3) is 0 Å². The van der Waals surface area contributed by atoms with Gasteiger partial charge in [0.15, 0.2) is 23.1 Å². The Morgan fingerprint density at radius 2 is 1.48 bits per heavy atom. The fourth-order valence-electron chi connectivity index (χ4n) is 3.00. The third kappa shape index (κ3) is 2.13. The van der Waals surface area contributed by atoms with Gasteiger partial charge in [-0.1, -0.05) is 45.0 Å². The minimum Gasteiger partial charge on any atom is -0.504 e. The summed E-state index contributed by atoms with van der Waals surface area (Å²) in [5.74, 6) is -0.660. The molecule has 1 aliphatic rings. The van der Waals surface area contributed by atoms with Crippen LogP contribution in [0.2, 0.25) is 0 Å². The maximum Gasteiger partial charge on any atom is 0.198 e. The molecule has 0 amide bonds. The molecule has 0 bridgehead atoms. The molecule has 0 spiro atoms. The lowest BCUT2D eigenvalue weighted by atomic mass is 9.74. The number of rotatable bonds is 1. The van der Waals surface area contributed by atoms with Gasteiger partial charge in [-0.25, -0.2) is 0 Å². The molecule has 0 unspecified atom stereocenters. The van der Waals surface area contributed by atoms with E-state index in [1.54, 1.807) is 30.3 Å². The summed E-state index contributed by atoms with van der Waals surface area (Å²) in [5, 5.41) is 10.4. The zero-order valence-electron chi connectivity index (χ0n) is 13.6. The normalized spacial score (nSPS) is 13.6. The second-order valence-electron chi connectivity index (χ2n) is 6.68. The van der Waals surface area contributed by atoms with Crippen molar-refractivity contribution in [3.8, 4) is 11.5 Å². The number of fused-ring (bicyclic) bond motifs is 2. The van der Waals surface area contributed by atoms with Crippen molar-refractivity contribution in [1.82, 2.24) is 0 Å². The van der Waals surface area contributed by atoms with Gasteiger partial charge in [0, 0.05) is 16.7 Å². The van der Waals surface area contributed by atoms with Crippen molar-refractivity contribution in [3.05, 3.63) is 58.1 Å². The van der Waals surface area contributed by atoms with Crippen molar-refractivity contribution in [2.75, 3.05) is 7.11 Å². The molecule has 0 heterocycles. The molecule has 0 atom stereocenters. The number of aromatic hydroxyl groups is 1. The Hall–Kier alpha value is -2.62. The van der Waals surface area contributed by atoms with Gasteiger partial charge in [0.25, 0.3) is 0 Å². The van der Waals surface area contributed by atoms with Crippen molar-refractivity contribution in [2.45, 2.75) is 26.2 Å². The Morgan fingerprint density at radius 1 is 0.957 bits per heavy atom. The number of ether oxygens (including phenoxy) is 1. The number of methoxy groups -OCH3 is 1. The summed E-state index contributed by atoms with van der Waals surface area (Å²) < 4.78 is 5.20. The first kappa shape index (κ1) is 15.3. The van der Waals surface area contributed by atoms with Gasteiger partial charge < -0.3 is 9.84 Å². The summed E-state index contributed by atoms with van der Waals surface area (Å²) in [5.41, 5.74) is 1.31. The lowest BCUT2D eigenvalue weighted by Crippen LogP contribution is -2.26. The van der Waals surface area contributed by atoms with Gasteiger partial charge in [-0.3, -0.25) is 9.59 Å². The Morgan fingerprint density at radius 3 is 1.96 bits per heavy atom. The van der Waals surface area contributed by atoms with Crippen LogP contribution < -0.4 is 4.74 Å². The third-order valence-electron chi connectivity index (χ3n) is 4.16. The van der Waals surface area contributed by atoms with E-state index in [9.17, 15) is 14.7 Å². The van der Waals surface area contributed by atoms with Gasteiger partial charge in [-0.2, -0.15) is 0 Å². The number of benzene rings is 2. The fraction of sp³-hybridized carbons (Fsp3) is 0.263. The molecule has 2 aromatic rings. The minimum absolute atomic E-state index is 0.0398. The maximum atomic E-state index is 13.0. The van der Waals surface area contributed by atoms with Crippen molar-refractivity contribution in [1.29, 1.82) is 0 Å². The first-order chi connectivity index (χ1) is 10.8. The molecule has 1 N–H and O–H groups in total. The molecule has 2 aromatic carbocycles. The molecule has 0 aliphatic heterocycles.